The molecule has 2 rings (SSSR count). The lowest BCUT2D eigenvalue weighted by Gasteiger charge is -2.35. The smallest absolute Gasteiger partial charge is 0.264 e. The molecule has 2 heterocycles. The topological polar surface area (TPSA) is 69.6 Å². The lowest BCUT2D eigenvalue weighted by Crippen LogP contribution is -2.53. The molecule has 1 aliphatic rings. The van der Waals surface area contributed by atoms with E-state index in [1.807, 2.05) is 25.3 Å². The van der Waals surface area contributed by atoms with Gasteiger partial charge in [-0.25, -0.2) is 0 Å². The number of aliphatic hydroxyl groups excluding tert-OH is 1. The van der Waals surface area contributed by atoms with Gasteiger partial charge in [-0.05, 0) is 42.5 Å². The Hall–Kier alpha value is -1.40. The molecule has 0 radical (unpaired) electrons. The Bertz CT molecular complexity index is 528. The second-order valence-corrected chi connectivity index (χ2v) is 7.79. The lowest BCUT2D eigenvalue weighted by atomic mass is 9.89. The maximum Gasteiger partial charge on any atom is 0.264 e. The van der Waals surface area contributed by atoms with Crippen LogP contribution in [0.15, 0.2) is 17.5 Å². The summed E-state index contributed by atoms with van der Waals surface area (Å²) in [6.45, 7) is 5.27. The molecule has 5 nitrogen and oxygen atoms in total. The van der Waals surface area contributed by atoms with Crippen molar-refractivity contribution in [1.29, 1.82) is 0 Å². The highest BCUT2D eigenvalue weighted by atomic mass is 32.1. The monoisotopic (exact) mass is 338 g/mol. The van der Waals surface area contributed by atoms with E-state index in [-0.39, 0.29) is 29.9 Å². The Kier molecular flexibility index (Phi) is 6.18. The van der Waals surface area contributed by atoms with Gasteiger partial charge in [0, 0.05) is 19.7 Å². The molecule has 0 bridgehead atoms. The predicted octanol–water partition coefficient (Wildman–Crippen LogP) is 2.27. The quantitative estimate of drug-likeness (QED) is 0.836. The van der Waals surface area contributed by atoms with Gasteiger partial charge >= 0.3 is 0 Å². The van der Waals surface area contributed by atoms with Crippen molar-refractivity contribution >= 4 is 23.2 Å². The summed E-state index contributed by atoms with van der Waals surface area (Å²) in [5.74, 6) is -0.130. The van der Waals surface area contributed by atoms with Crippen molar-refractivity contribution in [3.63, 3.8) is 0 Å². The van der Waals surface area contributed by atoms with Crippen LogP contribution in [0.4, 0.5) is 0 Å². The first-order valence-corrected chi connectivity index (χ1v) is 9.05. The fourth-order valence-electron chi connectivity index (χ4n) is 2.82. The molecular weight excluding hydrogens is 312 g/mol. The molecule has 1 saturated heterocycles. The molecule has 1 fully saturated rings. The Morgan fingerprint density at radius 2 is 2.22 bits per heavy atom. The van der Waals surface area contributed by atoms with Crippen molar-refractivity contribution in [2.24, 2.45) is 5.41 Å². The Morgan fingerprint density at radius 3 is 2.87 bits per heavy atom. The average molecular weight is 338 g/mol. The summed E-state index contributed by atoms with van der Waals surface area (Å²) < 4.78 is 0. The number of nitrogens with zero attached hydrogens (tertiary/aromatic N) is 1. The van der Waals surface area contributed by atoms with Gasteiger partial charge in [-0.15, -0.1) is 11.3 Å². The molecule has 1 aromatic rings. The number of carbonyl (C=O) groups is 2. The van der Waals surface area contributed by atoms with E-state index in [2.05, 4.69) is 5.32 Å². The molecular formula is C17H26N2O3S. The number of hydrogen-bond donors (Lipinski definition) is 2. The Morgan fingerprint density at radius 1 is 1.43 bits per heavy atom. The first-order valence-electron chi connectivity index (χ1n) is 8.18. The molecule has 2 amide bonds. The number of nitrogens with one attached hydrogen (secondary N) is 1. The predicted molar refractivity (Wildman–Crippen MR) is 91.5 cm³/mol. The molecule has 1 aliphatic heterocycles. The van der Waals surface area contributed by atoms with Crippen LogP contribution < -0.4 is 5.32 Å². The maximum absolute atomic E-state index is 12.6. The zero-order valence-electron chi connectivity index (χ0n) is 13.9. The van der Waals surface area contributed by atoms with E-state index in [4.69, 9.17) is 5.11 Å². The third-order valence-electron chi connectivity index (χ3n) is 4.33. The van der Waals surface area contributed by atoms with Crippen molar-refractivity contribution in [3.05, 3.63) is 22.4 Å². The van der Waals surface area contributed by atoms with Gasteiger partial charge in [0.25, 0.3) is 5.91 Å². The number of rotatable bonds is 6. The highest BCUT2D eigenvalue weighted by Crippen LogP contribution is 2.23. The zero-order valence-corrected chi connectivity index (χ0v) is 14.7. The number of hydrogen-bond acceptors (Lipinski definition) is 4. The number of amides is 2. The lowest BCUT2D eigenvalue weighted by molar-refractivity contribution is -0.127. The van der Waals surface area contributed by atoms with Crippen LogP contribution in [0.25, 0.3) is 0 Å². The van der Waals surface area contributed by atoms with Gasteiger partial charge in [0.1, 0.15) is 6.04 Å². The van der Waals surface area contributed by atoms with E-state index < -0.39 is 0 Å². The van der Waals surface area contributed by atoms with E-state index in [9.17, 15) is 9.59 Å². The molecule has 1 aromatic heterocycles. The molecule has 0 aliphatic carbocycles. The third-order valence-corrected chi connectivity index (χ3v) is 5.19. The van der Waals surface area contributed by atoms with Crippen LogP contribution in [-0.2, 0) is 4.79 Å². The van der Waals surface area contributed by atoms with Gasteiger partial charge in [-0.3, -0.25) is 9.59 Å². The first-order chi connectivity index (χ1) is 10.9. The van der Waals surface area contributed by atoms with Gasteiger partial charge in [0.15, 0.2) is 0 Å². The van der Waals surface area contributed by atoms with E-state index in [1.54, 1.807) is 11.0 Å². The van der Waals surface area contributed by atoms with Crippen molar-refractivity contribution in [1.82, 2.24) is 10.2 Å². The molecule has 23 heavy (non-hydrogen) atoms. The molecule has 6 heteroatoms. The van der Waals surface area contributed by atoms with Crippen LogP contribution in [-0.4, -0.2) is 47.6 Å². The highest BCUT2D eigenvalue weighted by molar-refractivity contribution is 7.12. The van der Waals surface area contributed by atoms with Crippen LogP contribution in [0.3, 0.4) is 0 Å². The Labute approximate surface area is 141 Å². The second-order valence-electron chi connectivity index (χ2n) is 6.84. The van der Waals surface area contributed by atoms with Gasteiger partial charge in [0.05, 0.1) is 4.88 Å². The van der Waals surface area contributed by atoms with Crippen molar-refractivity contribution in [2.45, 2.75) is 45.6 Å². The van der Waals surface area contributed by atoms with Crippen LogP contribution in [0, 0.1) is 5.41 Å². The molecule has 1 atom stereocenters. The summed E-state index contributed by atoms with van der Waals surface area (Å²) >= 11 is 1.41. The minimum atomic E-state index is -0.386. The first kappa shape index (κ1) is 17.9. The van der Waals surface area contributed by atoms with Crippen molar-refractivity contribution in [2.75, 3.05) is 19.7 Å². The van der Waals surface area contributed by atoms with Gasteiger partial charge < -0.3 is 15.3 Å². The molecule has 1 unspecified atom stereocenters. The van der Waals surface area contributed by atoms with Crippen molar-refractivity contribution in [3.8, 4) is 0 Å². The molecule has 128 valence electrons. The largest absolute Gasteiger partial charge is 0.396 e. The van der Waals surface area contributed by atoms with Gasteiger partial charge in [-0.2, -0.15) is 0 Å². The summed E-state index contributed by atoms with van der Waals surface area (Å²) in [7, 11) is 0. The fourth-order valence-corrected chi connectivity index (χ4v) is 3.50. The van der Waals surface area contributed by atoms with E-state index >= 15 is 0 Å². The number of piperidine rings is 1. The van der Waals surface area contributed by atoms with Crippen LogP contribution in [0.2, 0.25) is 0 Å². The SMILES string of the molecule is CC(C)(CCO)CNC(=O)C1CCCCN1C(=O)c1cccs1. The fraction of sp³-hybridized carbons (Fsp3) is 0.647. The normalized spacial score (nSPS) is 18.7. The zero-order chi connectivity index (χ0) is 16.9. The minimum Gasteiger partial charge on any atom is -0.396 e. The molecule has 2 N–H and O–H groups in total. The van der Waals surface area contributed by atoms with Gasteiger partial charge in [0.2, 0.25) is 5.91 Å². The summed E-state index contributed by atoms with van der Waals surface area (Å²) in [5.41, 5.74) is -0.151. The van der Waals surface area contributed by atoms with E-state index in [0.717, 1.165) is 12.8 Å². The van der Waals surface area contributed by atoms with Crippen LogP contribution in [0.5, 0.6) is 0 Å². The average Bonchev–Trinajstić information content (AvgIpc) is 3.06. The second kappa shape index (κ2) is 7.93. The summed E-state index contributed by atoms with van der Waals surface area (Å²) in [4.78, 5) is 27.6. The van der Waals surface area contributed by atoms with E-state index in [0.29, 0.717) is 30.8 Å². The minimum absolute atomic E-state index is 0.0468. The molecule has 0 aromatic carbocycles. The summed E-state index contributed by atoms with van der Waals surface area (Å²) in [6.07, 6.45) is 3.25. The summed E-state index contributed by atoms with van der Waals surface area (Å²) in [5, 5.41) is 13.9. The van der Waals surface area contributed by atoms with Crippen molar-refractivity contribution < 1.29 is 14.7 Å². The highest BCUT2D eigenvalue weighted by Gasteiger charge is 2.33. The van der Waals surface area contributed by atoms with E-state index in [1.165, 1.54) is 11.3 Å². The van der Waals surface area contributed by atoms with Crippen LogP contribution >= 0.6 is 11.3 Å². The number of likely N-dealkylation sites (tertiary alicyclic amines) is 1. The Balaban J connectivity index is 2.00. The molecule has 0 spiro atoms. The number of thiophene rings is 1. The third kappa shape index (κ3) is 4.78. The van der Waals surface area contributed by atoms with Crippen LogP contribution in [0.1, 0.15) is 49.2 Å². The standard InChI is InChI=1S/C17H26N2O3S/c1-17(2,8-10-20)12-18-15(21)13-6-3-4-9-19(13)16(22)14-7-5-11-23-14/h5,7,11,13,20H,3-4,6,8-10,12H2,1-2H3,(H,18,21). The maximum atomic E-state index is 12.6. The number of aliphatic hydroxyl groups is 1. The number of carbonyl (C=O) groups excluding carboxylic acids is 2. The summed E-state index contributed by atoms with van der Waals surface area (Å²) in [6, 6.07) is 3.28. The van der Waals surface area contributed by atoms with Gasteiger partial charge in [-0.1, -0.05) is 19.9 Å². The molecule has 0 saturated carbocycles.